The Bertz CT molecular complexity index is 841. The van der Waals surface area contributed by atoms with E-state index in [1.54, 1.807) is 33.0 Å². The molecule has 7 nitrogen and oxygen atoms in total. The molecule has 27 heavy (non-hydrogen) atoms. The second-order valence-corrected chi connectivity index (χ2v) is 10.4. The van der Waals surface area contributed by atoms with Crippen molar-refractivity contribution in [1.82, 2.24) is 15.5 Å². The van der Waals surface area contributed by atoms with Gasteiger partial charge in [-0.05, 0) is 32.0 Å². The Hall–Kier alpha value is -1.51. The molecule has 0 spiro atoms. The van der Waals surface area contributed by atoms with E-state index in [9.17, 15) is 13.2 Å². The summed E-state index contributed by atoms with van der Waals surface area (Å²) in [6, 6.07) is 4.69. The number of guanidine groups is 1. The van der Waals surface area contributed by atoms with Crippen molar-refractivity contribution in [2.45, 2.75) is 18.6 Å². The van der Waals surface area contributed by atoms with Gasteiger partial charge in [-0.1, -0.05) is 23.2 Å². The fourth-order valence-electron chi connectivity index (χ4n) is 2.75. The monoisotopic (exact) mass is 434 g/mol. The highest BCUT2D eigenvalue weighted by Gasteiger charge is 2.40. The van der Waals surface area contributed by atoms with Gasteiger partial charge >= 0.3 is 0 Å². The summed E-state index contributed by atoms with van der Waals surface area (Å²) < 4.78 is 23.4. The van der Waals surface area contributed by atoms with Gasteiger partial charge in [0.05, 0.1) is 20.5 Å². The zero-order valence-electron chi connectivity index (χ0n) is 15.6. The highest BCUT2D eigenvalue weighted by molar-refractivity contribution is 7.92. The van der Waals surface area contributed by atoms with Crippen molar-refractivity contribution in [3.8, 4) is 0 Å². The summed E-state index contributed by atoms with van der Waals surface area (Å²) >= 11 is 11.8. The molecule has 1 saturated heterocycles. The molecule has 1 heterocycles. The van der Waals surface area contributed by atoms with Gasteiger partial charge in [-0.25, -0.2) is 8.42 Å². The van der Waals surface area contributed by atoms with E-state index in [4.69, 9.17) is 23.2 Å². The number of hydrogen-bond donors (Lipinski definition) is 2. The van der Waals surface area contributed by atoms with Crippen LogP contribution in [0.4, 0.5) is 0 Å². The molecule has 0 aromatic heterocycles. The van der Waals surface area contributed by atoms with Crippen LogP contribution in [-0.4, -0.2) is 68.9 Å². The maximum absolute atomic E-state index is 12.1. The molecular formula is C17H24Cl2N4O3S. The maximum atomic E-state index is 12.1. The van der Waals surface area contributed by atoms with Crippen LogP contribution in [0.2, 0.25) is 10.0 Å². The Kier molecular flexibility index (Phi) is 6.99. The number of carbonyl (C=O) groups excluding carboxylic acids is 1. The number of aliphatic imine (C=N–C) groups is 1. The Labute approximate surface area is 170 Å². The second kappa shape index (κ2) is 8.67. The molecule has 0 unspecified atom stereocenters. The molecule has 0 saturated carbocycles. The molecular weight excluding hydrogens is 411 g/mol. The lowest BCUT2D eigenvalue weighted by Gasteiger charge is -2.39. The van der Waals surface area contributed by atoms with Gasteiger partial charge in [0.1, 0.15) is 0 Å². The zero-order chi connectivity index (χ0) is 20.2. The molecule has 2 rings (SSSR count). The minimum atomic E-state index is -3.11. The van der Waals surface area contributed by atoms with Crippen LogP contribution in [0, 0.1) is 0 Å². The topological polar surface area (TPSA) is 90.9 Å². The number of nitrogens with one attached hydrogen (secondary N) is 2. The van der Waals surface area contributed by atoms with E-state index in [1.807, 2.05) is 4.90 Å². The Morgan fingerprint density at radius 2 is 1.89 bits per heavy atom. The van der Waals surface area contributed by atoms with E-state index in [-0.39, 0.29) is 11.7 Å². The van der Waals surface area contributed by atoms with Crippen LogP contribution < -0.4 is 10.6 Å². The summed E-state index contributed by atoms with van der Waals surface area (Å²) in [6.07, 6.45) is 0. The van der Waals surface area contributed by atoms with Crippen molar-refractivity contribution in [2.24, 2.45) is 4.99 Å². The van der Waals surface area contributed by atoms with Gasteiger partial charge in [0.25, 0.3) is 5.91 Å². The standard InChI is InChI=1S/C17H24Cl2N4O3S/c1-17(2)11-23(8-9-27(17,25)26)16(20-3)22-7-6-21-15(24)12-4-5-13(18)14(19)10-12/h4-5,10H,6-9,11H2,1-3H3,(H,20,22)(H,21,24). The Morgan fingerprint density at radius 1 is 1.22 bits per heavy atom. The molecule has 150 valence electrons. The van der Waals surface area contributed by atoms with Gasteiger partial charge in [-0.2, -0.15) is 0 Å². The van der Waals surface area contributed by atoms with Crippen LogP contribution in [0.3, 0.4) is 0 Å². The third kappa shape index (κ3) is 5.27. The van der Waals surface area contributed by atoms with E-state index < -0.39 is 14.6 Å². The van der Waals surface area contributed by atoms with Gasteiger partial charge in [0, 0.05) is 38.8 Å². The van der Waals surface area contributed by atoms with Crippen LogP contribution in [-0.2, 0) is 9.84 Å². The number of benzene rings is 1. The van der Waals surface area contributed by atoms with Gasteiger partial charge in [0.2, 0.25) is 0 Å². The van der Waals surface area contributed by atoms with Gasteiger partial charge < -0.3 is 15.5 Å². The highest BCUT2D eigenvalue weighted by Crippen LogP contribution is 2.24. The maximum Gasteiger partial charge on any atom is 0.251 e. The first-order valence-corrected chi connectivity index (χ1v) is 10.9. The summed E-state index contributed by atoms with van der Waals surface area (Å²) in [6.45, 7) is 5.02. The SMILES string of the molecule is CN=C(NCCNC(=O)c1ccc(Cl)c(Cl)c1)N1CCS(=O)(=O)C(C)(C)C1. The van der Waals surface area contributed by atoms with Crippen molar-refractivity contribution in [2.75, 3.05) is 39.0 Å². The van der Waals surface area contributed by atoms with Gasteiger partial charge in [-0.15, -0.1) is 0 Å². The number of hydrogen-bond acceptors (Lipinski definition) is 4. The molecule has 0 radical (unpaired) electrons. The molecule has 1 fully saturated rings. The van der Waals surface area contributed by atoms with Crippen LogP contribution in [0.1, 0.15) is 24.2 Å². The summed E-state index contributed by atoms with van der Waals surface area (Å²) in [5.74, 6) is 0.451. The average Bonchev–Trinajstić information content (AvgIpc) is 2.60. The van der Waals surface area contributed by atoms with Gasteiger partial charge in [0.15, 0.2) is 15.8 Å². The minimum absolute atomic E-state index is 0.0920. The number of halogens is 2. The van der Waals surface area contributed by atoms with E-state index in [2.05, 4.69) is 15.6 Å². The van der Waals surface area contributed by atoms with Crippen molar-refractivity contribution >= 4 is 44.9 Å². The summed E-state index contributed by atoms with van der Waals surface area (Å²) in [5.41, 5.74) is 0.428. The fraction of sp³-hybridized carbons (Fsp3) is 0.529. The Morgan fingerprint density at radius 3 is 2.48 bits per heavy atom. The minimum Gasteiger partial charge on any atom is -0.354 e. The molecule has 1 aromatic rings. The highest BCUT2D eigenvalue weighted by atomic mass is 35.5. The molecule has 0 bridgehead atoms. The first-order chi connectivity index (χ1) is 12.6. The van der Waals surface area contributed by atoms with Crippen molar-refractivity contribution < 1.29 is 13.2 Å². The van der Waals surface area contributed by atoms with Crippen LogP contribution >= 0.6 is 23.2 Å². The zero-order valence-corrected chi connectivity index (χ0v) is 17.9. The van der Waals surface area contributed by atoms with E-state index >= 15 is 0 Å². The van der Waals surface area contributed by atoms with E-state index in [0.717, 1.165) is 0 Å². The van der Waals surface area contributed by atoms with Crippen molar-refractivity contribution in [1.29, 1.82) is 0 Å². The number of rotatable bonds is 4. The number of sulfone groups is 1. The number of nitrogens with zero attached hydrogens (tertiary/aromatic N) is 2. The molecule has 1 aromatic carbocycles. The van der Waals surface area contributed by atoms with Crippen LogP contribution in [0.25, 0.3) is 0 Å². The normalized spacial score (nSPS) is 18.9. The predicted molar refractivity (Wildman–Crippen MR) is 110 cm³/mol. The number of amides is 1. The third-order valence-corrected chi connectivity index (χ3v) is 7.70. The summed E-state index contributed by atoms with van der Waals surface area (Å²) in [4.78, 5) is 18.3. The lowest BCUT2D eigenvalue weighted by atomic mass is 10.2. The second-order valence-electron chi connectivity index (χ2n) is 6.86. The Balaban J connectivity index is 1.85. The summed E-state index contributed by atoms with van der Waals surface area (Å²) in [7, 11) is -1.47. The smallest absolute Gasteiger partial charge is 0.251 e. The molecule has 2 N–H and O–H groups in total. The lowest BCUT2D eigenvalue weighted by molar-refractivity contribution is 0.0954. The van der Waals surface area contributed by atoms with Crippen molar-refractivity contribution in [3.05, 3.63) is 33.8 Å². The lowest BCUT2D eigenvalue weighted by Crippen LogP contribution is -2.57. The average molecular weight is 435 g/mol. The molecule has 10 heteroatoms. The largest absolute Gasteiger partial charge is 0.354 e. The van der Waals surface area contributed by atoms with Crippen LogP contribution in [0.15, 0.2) is 23.2 Å². The molecule has 1 amide bonds. The van der Waals surface area contributed by atoms with Crippen molar-refractivity contribution in [3.63, 3.8) is 0 Å². The van der Waals surface area contributed by atoms with Crippen LogP contribution in [0.5, 0.6) is 0 Å². The molecule has 1 aliphatic rings. The molecule has 0 atom stereocenters. The number of carbonyl (C=O) groups is 1. The first kappa shape index (κ1) is 21.8. The first-order valence-electron chi connectivity index (χ1n) is 8.48. The molecule has 0 aliphatic carbocycles. The summed E-state index contributed by atoms with van der Waals surface area (Å²) in [5, 5.41) is 6.65. The third-order valence-electron chi connectivity index (χ3n) is 4.43. The predicted octanol–water partition coefficient (Wildman–Crippen LogP) is 1.81. The molecule has 1 aliphatic heterocycles. The quantitative estimate of drug-likeness (QED) is 0.428. The van der Waals surface area contributed by atoms with Gasteiger partial charge in [-0.3, -0.25) is 9.79 Å². The van der Waals surface area contributed by atoms with E-state index in [1.165, 1.54) is 6.07 Å². The fourth-order valence-corrected chi connectivity index (χ4v) is 4.41. The van der Waals surface area contributed by atoms with E-state index in [0.29, 0.717) is 47.7 Å².